The molecule has 0 aliphatic carbocycles. The van der Waals surface area contributed by atoms with E-state index < -0.39 is 0 Å². The lowest BCUT2D eigenvalue weighted by Crippen LogP contribution is -2.18. The van der Waals surface area contributed by atoms with Crippen LogP contribution >= 0.6 is 0 Å². The van der Waals surface area contributed by atoms with E-state index in [0.29, 0.717) is 63.7 Å². The number of nitrogens with zero attached hydrogens (tertiary/aromatic N) is 4. The van der Waals surface area contributed by atoms with Gasteiger partial charge in [-0.25, -0.2) is 0 Å². The summed E-state index contributed by atoms with van der Waals surface area (Å²) in [5.74, 6) is 1.63. The maximum atomic E-state index is 12.0. The van der Waals surface area contributed by atoms with Gasteiger partial charge in [0.05, 0.1) is 19.8 Å². The number of phenolic OH excluding ortho intramolecular Hbond substituents is 1. The van der Waals surface area contributed by atoms with Crippen molar-refractivity contribution in [1.82, 2.24) is 15.0 Å². The van der Waals surface area contributed by atoms with Gasteiger partial charge in [-0.3, -0.25) is 4.79 Å². The lowest BCUT2D eigenvalue weighted by molar-refractivity contribution is 0.0497. The van der Waals surface area contributed by atoms with Gasteiger partial charge < -0.3 is 30.1 Å². The molecule has 10 nitrogen and oxygen atoms in total. The van der Waals surface area contributed by atoms with Crippen molar-refractivity contribution in [2.75, 3.05) is 62.6 Å². The molecule has 3 N–H and O–H groups in total. The highest BCUT2D eigenvalue weighted by atomic mass is 16.5. The van der Waals surface area contributed by atoms with Gasteiger partial charge in [0, 0.05) is 44.9 Å². The number of carbonyl (C=O) groups is 1. The van der Waals surface area contributed by atoms with Crippen molar-refractivity contribution in [3.63, 3.8) is 0 Å². The quantitative estimate of drug-likeness (QED) is 0.169. The number of ether oxygens (including phenoxy) is 2. The van der Waals surface area contributed by atoms with Crippen molar-refractivity contribution >= 4 is 29.3 Å². The minimum atomic E-state index is 0.133. The minimum absolute atomic E-state index is 0.133. The van der Waals surface area contributed by atoms with E-state index >= 15 is 0 Å². The van der Waals surface area contributed by atoms with E-state index in [2.05, 4.69) is 25.6 Å². The van der Waals surface area contributed by atoms with E-state index in [4.69, 9.17) is 9.47 Å². The lowest BCUT2D eigenvalue weighted by atomic mass is 10.1. The van der Waals surface area contributed by atoms with Gasteiger partial charge in [0.25, 0.3) is 0 Å². The minimum Gasteiger partial charge on any atom is -0.508 e. The van der Waals surface area contributed by atoms with E-state index in [1.807, 2.05) is 44.4 Å². The van der Waals surface area contributed by atoms with Crippen LogP contribution in [0.4, 0.5) is 23.5 Å². The second-order valence-electron chi connectivity index (χ2n) is 7.89. The van der Waals surface area contributed by atoms with Gasteiger partial charge in [0.15, 0.2) is 5.78 Å². The van der Waals surface area contributed by atoms with E-state index in [0.717, 1.165) is 11.3 Å². The van der Waals surface area contributed by atoms with E-state index in [1.54, 1.807) is 29.2 Å². The molecule has 0 aliphatic heterocycles. The molecule has 0 amide bonds. The predicted molar refractivity (Wildman–Crippen MR) is 136 cm³/mol. The zero-order valence-electron chi connectivity index (χ0n) is 20.1. The summed E-state index contributed by atoms with van der Waals surface area (Å²) < 4.78 is 11.1. The van der Waals surface area contributed by atoms with Gasteiger partial charge in [0.2, 0.25) is 17.8 Å². The van der Waals surface area contributed by atoms with Gasteiger partial charge in [-0.15, -0.1) is 0 Å². The number of benzene rings is 2. The van der Waals surface area contributed by atoms with Crippen LogP contribution in [0.25, 0.3) is 0 Å². The number of nitrogens with one attached hydrogen (secondary N) is 2. The van der Waals surface area contributed by atoms with Crippen LogP contribution in [0.1, 0.15) is 23.2 Å². The monoisotopic (exact) mass is 480 g/mol. The van der Waals surface area contributed by atoms with Crippen LogP contribution in [-0.4, -0.2) is 72.9 Å². The average Bonchev–Trinajstić information content (AvgIpc) is 2.86. The van der Waals surface area contributed by atoms with E-state index in [-0.39, 0.29) is 11.5 Å². The molecule has 0 bridgehead atoms. The highest BCUT2D eigenvalue weighted by Gasteiger charge is 2.09. The number of anilines is 4. The SMILES string of the molecule is CN(C)c1nc(NCCOCCOCCCC(=O)c2ccccc2)nc(Nc2ccc(O)cc2)n1. The number of hydrogen-bond donors (Lipinski definition) is 3. The molecule has 1 aromatic heterocycles. The molecule has 0 saturated heterocycles. The summed E-state index contributed by atoms with van der Waals surface area (Å²) in [6.07, 6.45) is 1.16. The third-order valence-corrected chi connectivity index (χ3v) is 4.84. The number of Topliss-reactive ketones (excluding diaryl/α,β-unsaturated/α-hetero) is 1. The highest BCUT2D eigenvalue weighted by Crippen LogP contribution is 2.19. The Morgan fingerprint density at radius 3 is 2.29 bits per heavy atom. The molecule has 3 aromatic rings. The summed E-state index contributed by atoms with van der Waals surface area (Å²) >= 11 is 0. The first-order valence-corrected chi connectivity index (χ1v) is 11.5. The number of rotatable bonds is 15. The van der Waals surface area contributed by atoms with Crippen LogP contribution in [-0.2, 0) is 9.47 Å². The molecule has 10 heteroatoms. The van der Waals surface area contributed by atoms with E-state index in [1.165, 1.54) is 0 Å². The fourth-order valence-corrected chi connectivity index (χ4v) is 3.03. The van der Waals surface area contributed by atoms with Gasteiger partial charge >= 0.3 is 0 Å². The number of carbonyl (C=O) groups excluding carboxylic acids is 1. The molecule has 0 saturated carbocycles. The molecule has 3 rings (SSSR count). The summed E-state index contributed by atoms with van der Waals surface area (Å²) in [7, 11) is 3.70. The average molecular weight is 481 g/mol. The van der Waals surface area contributed by atoms with Crippen molar-refractivity contribution in [1.29, 1.82) is 0 Å². The van der Waals surface area contributed by atoms with Gasteiger partial charge in [-0.05, 0) is 30.7 Å². The molecule has 0 aliphatic rings. The molecule has 1 heterocycles. The first-order valence-electron chi connectivity index (χ1n) is 11.5. The molecule has 0 spiro atoms. The Kier molecular flexibility index (Phi) is 10.2. The summed E-state index contributed by atoms with van der Waals surface area (Å²) in [5, 5.41) is 15.7. The van der Waals surface area contributed by atoms with Crippen LogP contribution < -0.4 is 15.5 Å². The van der Waals surface area contributed by atoms with Crippen molar-refractivity contribution in [3.8, 4) is 5.75 Å². The molecule has 0 unspecified atom stereocenters. The lowest BCUT2D eigenvalue weighted by Gasteiger charge is -2.14. The number of phenols is 1. The first-order chi connectivity index (χ1) is 17.0. The van der Waals surface area contributed by atoms with E-state index in [9.17, 15) is 9.90 Å². The number of aromatic hydroxyl groups is 1. The van der Waals surface area contributed by atoms with Gasteiger partial charge in [-0.2, -0.15) is 15.0 Å². The van der Waals surface area contributed by atoms with Gasteiger partial charge in [-0.1, -0.05) is 30.3 Å². The van der Waals surface area contributed by atoms with Crippen molar-refractivity contribution in [2.24, 2.45) is 0 Å². The maximum absolute atomic E-state index is 12.0. The summed E-state index contributed by atoms with van der Waals surface area (Å²) in [6, 6.07) is 15.9. The molecule has 0 atom stereocenters. The Balaban J connectivity index is 1.32. The van der Waals surface area contributed by atoms with Gasteiger partial charge in [0.1, 0.15) is 5.75 Å². The number of aromatic nitrogens is 3. The fourth-order valence-electron chi connectivity index (χ4n) is 3.03. The smallest absolute Gasteiger partial charge is 0.233 e. The zero-order chi connectivity index (χ0) is 24.9. The number of hydrogen-bond acceptors (Lipinski definition) is 10. The molecular weight excluding hydrogens is 448 g/mol. The topological polar surface area (TPSA) is 122 Å². The Hall–Kier alpha value is -3.76. The van der Waals surface area contributed by atoms with Crippen LogP contribution in [0.5, 0.6) is 5.75 Å². The first kappa shape index (κ1) is 25.9. The van der Waals surface area contributed by atoms with Crippen molar-refractivity contribution in [2.45, 2.75) is 12.8 Å². The number of ketones is 1. The van der Waals surface area contributed by atoms with Crippen LogP contribution in [0.2, 0.25) is 0 Å². The predicted octanol–water partition coefficient (Wildman–Crippen LogP) is 3.50. The van der Waals surface area contributed by atoms with Crippen LogP contribution in [0, 0.1) is 0 Å². The second-order valence-corrected chi connectivity index (χ2v) is 7.89. The molecular formula is C25H32N6O4. The Labute approximate surface area is 205 Å². The molecule has 0 radical (unpaired) electrons. The largest absolute Gasteiger partial charge is 0.508 e. The Morgan fingerprint density at radius 1 is 0.886 bits per heavy atom. The standard InChI is InChI=1S/C25H32N6O4/c1-31(2)25-29-23(28-24(30-25)27-20-10-12-21(32)13-11-20)26-14-16-35-18-17-34-15-6-9-22(33)19-7-4-3-5-8-19/h3-5,7-8,10-13,32H,6,9,14-18H2,1-2H3,(H2,26,27,28,29,30). The Morgan fingerprint density at radius 2 is 1.57 bits per heavy atom. The van der Waals surface area contributed by atoms with Crippen molar-refractivity contribution < 1.29 is 19.4 Å². The maximum Gasteiger partial charge on any atom is 0.233 e. The molecule has 0 fully saturated rings. The third-order valence-electron chi connectivity index (χ3n) is 4.84. The van der Waals surface area contributed by atoms with Crippen LogP contribution in [0.15, 0.2) is 54.6 Å². The van der Waals surface area contributed by atoms with Crippen molar-refractivity contribution in [3.05, 3.63) is 60.2 Å². The summed E-state index contributed by atoms with van der Waals surface area (Å²) in [4.78, 5) is 27.0. The summed E-state index contributed by atoms with van der Waals surface area (Å²) in [5.41, 5.74) is 1.49. The normalized spacial score (nSPS) is 10.7. The third kappa shape index (κ3) is 9.19. The fraction of sp³-hybridized carbons (Fsp3) is 0.360. The molecule has 186 valence electrons. The van der Waals surface area contributed by atoms with Crippen LogP contribution in [0.3, 0.4) is 0 Å². The summed E-state index contributed by atoms with van der Waals surface area (Å²) in [6.45, 7) is 2.43. The molecule has 35 heavy (non-hydrogen) atoms. The zero-order valence-corrected chi connectivity index (χ0v) is 20.1. The Bertz CT molecular complexity index is 1050. The second kappa shape index (κ2) is 13.8. The highest BCUT2D eigenvalue weighted by molar-refractivity contribution is 5.95. The molecule has 2 aromatic carbocycles.